The van der Waals surface area contributed by atoms with Gasteiger partial charge < -0.3 is 20.3 Å². The summed E-state index contributed by atoms with van der Waals surface area (Å²) < 4.78 is 5.99. The fraction of sp³-hybridized carbons (Fsp3) is 0.385. The summed E-state index contributed by atoms with van der Waals surface area (Å²) >= 11 is 1.33. The number of anilines is 2. The van der Waals surface area contributed by atoms with Crippen LogP contribution in [0.15, 0.2) is 48.9 Å². The largest absolute Gasteiger partial charge is 0.492 e. The first-order chi connectivity index (χ1) is 18.1. The van der Waals surface area contributed by atoms with Crippen LogP contribution in [0, 0.1) is 0 Å². The highest BCUT2D eigenvalue weighted by Crippen LogP contribution is 2.37. The number of thiophene rings is 1. The number of hydrogen-bond donors (Lipinski definition) is 4. The molecule has 0 bridgehead atoms. The molecule has 3 heterocycles. The number of benzene rings is 1. The average molecular weight is 524 g/mol. The van der Waals surface area contributed by atoms with Gasteiger partial charge in [-0.15, -0.1) is 11.3 Å². The molecule has 1 aromatic carbocycles. The smallest absolute Gasteiger partial charge is 0.325 e. The van der Waals surface area contributed by atoms with E-state index in [2.05, 4.69) is 50.0 Å². The number of ether oxygens (including phenoxy) is 1. The lowest BCUT2D eigenvalue weighted by Crippen LogP contribution is -2.36. The minimum Gasteiger partial charge on any atom is -0.492 e. The van der Waals surface area contributed by atoms with Gasteiger partial charge in [0.05, 0.1) is 11.8 Å². The number of urea groups is 1. The van der Waals surface area contributed by atoms with E-state index < -0.39 is 6.03 Å². The summed E-state index contributed by atoms with van der Waals surface area (Å²) in [5.41, 5.74) is 1.32. The molecule has 11 heteroatoms. The second-order valence-corrected chi connectivity index (χ2v) is 9.64. The maximum Gasteiger partial charge on any atom is 0.325 e. The summed E-state index contributed by atoms with van der Waals surface area (Å²) in [6.45, 7) is 9.28. The van der Waals surface area contributed by atoms with Gasteiger partial charge in [-0.2, -0.15) is 0 Å². The number of likely N-dealkylation sites (N-methyl/N-ethyl adjacent to an activating group) is 1. The Morgan fingerprint density at radius 2 is 2.05 bits per heavy atom. The van der Waals surface area contributed by atoms with Crippen molar-refractivity contribution in [3.05, 3.63) is 54.5 Å². The second kappa shape index (κ2) is 13.1. The Kier molecular flexibility index (Phi) is 9.41. The molecule has 1 fully saturated rings. The molecule has 0 aliphatic carbocycles. The van der Waals surface area contributed by atoms with Crippen molar-refractivity contribution in [2.75, 3.05) is 50.0 Å². The number of nitrogens with zero attached hydrogens (tertiary/aromatic N) is 3. The maximum absolute atomic E-state index is 13.2. The van der Waals surface area contributed by atoms with Crippen molar-refractivity contribution in [3.8, 4) is 16.2 Å². The highest BCUT2D eigenvalue weighted by Gasteiger charge is 2.23. The predicted octanol–water partition coefficient (Wildman–Crippen LogP) is 3.66. The fourth-order valence-electron chi connectivity index (χ4n) is 4.02. The second-order valence-electron chi connectivity index (χ2n) is 8.59. The Morgan fingerprint density at radius 3 is 2.78 bits per heavy atom. The zero-order valence-electron chi connectivity index (χ0n) is 21.1. The third-order valence-electron chi connectivity index (χ3n) is 6.09. The van der Waals surface area contributed by atoms with Crippen molar-refractivity contribution in [1.82, 2.24) is 25.5 Å². The number of hydrogen-bond acceptors (Lipinski definition) is 8. The van der Waals surface area contributed by atoms with E-state index in [-0.39, 0.29) is 11.9 Å². The predicted molar refractivity (Wildman–Crippen MR) is 146 cm³/mol. The van der Waals surface area contributed by atoms with E-state index in [0.29, 0.717) is 23.0 Å². The lowest BCUT2D eigenvalue weighted by Gasteiger charge is -2.18. The van der Waals surface area contributed by atoms with E-state index in [9.17, 15) is 9.59 Å². The van der Waals surface area contributed by atoms with E-state index in [1.54, 1.807) is 0 Å². The van der Waals surface area contributed by atoms with E-state index in [1.165, 1.54) is 29.9 Å². The molecule has 0 spiro atoms. The van der Waals surface area contributed by atoms with Gasteiger partial charge in [0.2, 0.25) is 0 Å². The van der Waals surface area contributed by atoms with Crippen LogP contribution in [-0.4, -0.2) is 72.2 Å². The van der Waals surface area contributed by atoms with Gasteiger partial charge in [-0.1, -0.05) is 26.0 Å². The first kappa shape index (κ1) is 26.5. The van der Waals surface area contributed by atoms with Gasteiger partial charge >= 0.3 is 6.03 Å². The summed E-state index contributed by atoms with van der Waals surface area (Å²) in [6.07, 6.45) is 5.33. The zero-order valence-corrected chi connectivity index (χ0v) is 21.9. The Balaban J connectivity index is 1.52. The van der Waals surface area contributed by atoms with Crippen molar-refractivity contribution < 1.29 is 14.3 Å². The van der Waals surface area contributed by atoms with Crippen LogP contribution < -0.4 is 26.0 Å². The Morgan fingerprint density at radius 1 is 1.19 bits per heavy atom. The van der Waals surface area contributed by atoms with Gasteiger partial charge in [0.1, 0.15) is 17.4 Å². The summed E-state index contributed by atoms with van der Waals surface area (Å²) in [6, 6.07) is 9.15. The lowest BCUT2D eigenvalue weighted by atomic mass is 10.1. The molecular weight excluding hydrogens is 490 g/mol. The summed E-state index contributed by atoms with van der Waals surface area (Å²) in [7, 11) is 0. The molecule has 10 nitrogen and oxygen atoms in total. The van der Waals surface area contributed by atoms with Crippen LogP contribution >= 0.6 is 11.3 Å². The molecule has 1 aliphatic heterocycles. The summed E-state index contributed by atoms with van der Waals surface area (Å²) in [4.78, 5) is 37.0. The third kappa shape index (κ3) is 7.48. The Hall–Kier alpha value is -3.54. The van der Waals surface area contributed by atoms with Gasteiger partial charge in [-0.3, -0.25) is 20.4 Å². The van der Waals surface area contributed by atoms with E-state index in [4.69, 9.17) is 4.74 Å². The number of carbonyl (C=O) groups is 2. The van der Waals surface area contributed by atoms with Crippen molar-refractivity contribution in [2.24, 2.45) is 0 Å². The van der Waals surface area contributed by atoms with Crippen LogP contribution in [0.25, 0.3) is 10.4 Å². The molecule has 1 atom stereocenters. The van der Waals surface area contributed by atoms with Crippen molar-refractivity contribution in [3.63, 3.8) is 0 Å². The summed E-state index contributed by atoms with van der Waals surface area (Å²) in [5.74, 6) is 0.850. The first-order valence-electron chi connectivity index (χ1n) is 12.5. The maximum atomic E-state index is 13.2. The van der Waals surface area contributed by atoms with Crippen LogP contribution in [0.5, 0.6) is 5.75 Å². The molecule has 1 aliphatic rings. The number of nitrogens with one attached hydrogen (secondary N) is 4. The van der Waals surface area contributed by atoms with Crippen molar-refractivity contribution >= 4 is 34.1 Å². The van der Waals surface area contributed by atoms with Gasteiger partial charge in [-0.05, 0) is 49.8 Å². The molecule has 0 radical (unpaired) electrons. The molecule has 3 amide bonds. The zero-order chi connectivity index (χ0) is 26.0. The van der Waals surface area contributed by atoms with Crippen LogP contribution in [0.2, 0.25) is 0 Å². The summed E-state index contributed by atoms with van der Waals surface area (Å²) in [5, 5.41) is 12.2. The van der Waals surface area contributed by atoms with E-state index in [0.717, 1.165) is 55.3 Å². The van der Waals surface area contributed by atoms with Crippen molar-refractivity contribution in [1.29, 1.82) is 0 Å². The van der Waals surface area contributed by atoms with Crippen LogP contribution in [0.4, 0.5) is 15.6 Å². The normalized spacial score (nSPS) is 14.9. The Bertz CT molecular complexity index is 1180. The molecular formula is C26H33N7O3S. The third-order valence-corrected chi connectivity index (χ3v) is 7.19. The molecule has 4 N–H and O–H groups in total. The minimum absolute atomic E-state index is 0.0552. The van der Waals surface area contributed by atoms with Gasteiger partial charge in [0.25, 0.3) is 5.91 Å². The fourth-order valence-corrected chi connectivity index (χ4v) is 5.07. The SMILES string of the molecule is CCN(CC)CCOc1cccc(-c2cc(C(=O)NC3CCNC3)c(NC(=O)Nc3cnccn3)s2)c1. The minimum atomic E-state index is -0.501. The average Bonchev–Trinajstić information content (AvgIpc) is 3.57. The molecule has 37 heavy (non-hydrogen) atoms. The van der Waals surface area contributed by atoms with E-state index >= 15 is 0 Å². The Labute approximate surface area is 220 Å². The van der Waals surface area contributed by atoms with Gasteiger partial charge in [0, 0.05) is 36.4 Å². The molecule has 3 aromatic rings. The molecule has 2 aromatic heterocycles. The van der Waals surface area contributed by atoms with Crippen molar-refractivity contribution in [2.45, 2.75) is 26.3 Å². The first-order valence-corrected chi connectivity index (χ1v) is 13.3. The van der Waals surface area contributed by atoms with Crippen LogP contribution in [0.3, 0.4) is 0 Å². The lowest BCUT2D eigenvalue weighted by molar-refractivity contribution is 0.0941. The van der Waals surface area contributed by atoms with Crippen LogP contribution in [-0.2, 0) is 0 Å². The number of amides is 3. The number of rotatable bonds is 11. The molecule has 0 saturated carbocycles. The molecule has 196 valence electrons. The quantitative estimate of drug-likeness (QED) is 0.303. The standard InChI is InChI=1S/C26H33N7O3S/c1-3-33(4-2)12-13-36-20-7-5-6-18(14-20)22-15-21(24(34)30-19-8-9-27-16-19)25(37-22)32-26(35)31-23-17-28-10-11-29-23/h5-7,10-11,14-15,17,19,27H,3-4,8-9,12-13,16H2,1-2H3,(H,30,34)(H2,29,31,32,35). The molecule has 1 saturated heterocycles. The number of aromatic nitrogens is 2. The van der Waals surface area contributed by atoms with Crippen LogP contribution in [0.1, 0.15) is 30.6 Å². The highest BCUT2D eigenvalue weighted by atomic mass is 32.1. The van der Waals surface area contributed by atoms with Gasteiger partial charge in [0.15, 0.2) is 5.82 Å². The topological polar surface area (TPSA) is 121 Å². The van der Waals surface area contributed by atoms with Gasteiger partial charge in [-0.25, -0.2) is 9.78 Å². The monoisotopic (exact) mass is 523 g/mol. The highest BCUT2D eigenvalue weighted by molar-refractivity contribution is 7.20. The molecule has 4 rings (SSSR count). The number of carbonyl (C=O) groups excluding carboxylic acids is 2. The van der Waals surface area contributed by atoms with E-state index in [1.807, 2.05) is 30.3 Å². The molecule has 1 unspecified atom stereocenters.